The molecule has 0 bridgehead atoms. The van der Waals surface area contributed by atoms with Crippen LogP contribution in [0, 0.1) is 0 Å². The highest BCUT2D eigenvalue weighted by atomic mass is 79.9. The van der Waals surface area contributed by atoms with Crippen LogP contribution < -0.4 is 10.1 Å². The zero-order valence-corrected chi connectivity index (χ0v) is 21.3. The predicted molar refractivity (Wildman–Crippen MR) is 133 cm³/mol. The van der Waals surface area contributed by atoms with Crippen molar-refractivity contribution in [1.82, 2.24) is 10.2 Å². The van der Waals surface area contributed by atoms with Crippen molar-refractivity contribution in [2.75, 3.05) is 13.2 Å². The summed E-state index contributed by atoms with van der Waals surface area (Å²) in [6.07, 6.45) is 1.50. The second kappa shape index (κ2) is 12.6. The highest BCUT2D eigenvalue weighted by Crippen LogP contribution is 2.29. The van der Waals surface area contributed by atoms with Crippen LogP contribution in [-0.2, 0) is 16.0 Å². The number of ether oxygens (including phenoxy) is 1. The Labute approximate surface area is 200 Å². The Morgan fingerprint density at radius 2 is 1.75 bits per heavy atom. The van der Waals surface area contributed by atoms with Crippen molar-refractivity contribution in [3.8, 4) is 5.75 Å². The fraction of sp³-hybridized carbons (Fsp3) is 0.462. The molecule has 174 valence electrons. The van der Waals surface area contributed by atoms with Crippen LogP contribution in [0.2, 0.25) is 0 Å². The largest absolute Gasteiger partial charge is 0.483 e. The maximum Gasteiger partial charge on any atom is 0.261 e. The van der Waals surface area contributed by atoms with Gasteiger partial charge in [0, 0.05) is 12.6 Å². The van der Waals surface area contributed by atoms with Gasteiger partial charge in [0.15, 0.2) is 6.61 Å². The van der Waals surface area contributed by atoms with Gasteiger partial charge in [0.05, 0.1) is 4.47 Å². The molecule has 1 N–H and O–H groups in total. The monoisotopic (exact) mass is 502 g/mol. The van der Waals surface area contributed by atoms with Gasteiger partial charge in [-0.05, 0) is 71.8 Å². The Morgan fingerprint density at radius 3 is 2.34 bits per heavy atom. The highest BCUT2D eigenvalue weighted by Gasteiger charge is 2.27. The molecule has 0 saturated carbocycles. The van der Waals surface area contributed by atoms with Crippen molar-refractivity contribution in [3.05, 3.63) is 64.1 Å². The summed E-state index contributed by atoms with van der Waals surface area (Å²) in [4.78, 5) is 27.5. The van der Waals surface area contributed by atoms with Gasteiger partial charge in [-0.3, -0.25) is 9.59 Å². The first-order valence-electron chi connectivity index (χ1n) is 11.3. The third-order valence-electron chi connectivity index (χ3n) is 5.63. The number of rotatable bonds is 11. The maximum absolute atomic E-state index is 13.1. The van der Waals surface area contributed by atoms with E-state index in [1.54, 1.807) is 11.8 Å². The number of carbonyl (C=O) groups is 2. The number of halogens is 1. The van der Waals surface area contributed by atoms with Gasteiger partial charge in [0.2, 0.25) is 5.91 Å². The van der Waals surface area contributed by atoms with Gasteiger partial charge in [-0.1, -0.05) is 57.2 Å². The van der Waals surface area contributed by atoms with E-state index in [4.69, 9.17) is 4.74 Å². The smallest absolute Gasteiger partial charge is 0.261 e. The third kappa shape index (κ3) is 7.66. The Morgan fingerprint density at radius 1 is 1.06 bits per heavy atom. The molecule has 2 atom stereocenters. The highest BCUT2D eigenvalue weighted by molar-refractivity contribution is 9.10. The minimum Gasteiger partial charge on any atom is -0.483 e. The van der Waals surface area contributed by atoms with Crippen molar-refractivity contribution < 1.29 is 14.3 Å². The Balaban J connectivity index is 2.10. The van der Waals surface area contributed by atoms with Gasteiger partial charge in [0.25, 0.3) is 5.91 Å². The number of carbonyl (C=O) groups excluding carboxylic acids is 2. The number of amides is 2. The first kappa shape index (κ1) is 25.9. The average Bonchev–Trinajstić information content (AvgIpc) is 2.78. The summed E-state index contributed by atoms with van der Waals surface area (Å²) >= 11 is 3.54. The molecule has 6 heteroatoms. The lowest BCUT2D eigenvalue weighted by molar-refractivity contribution is -0.141. The van der Waals surface area contributed by atoms with Crippen LogP contribution in [0.3, 0.4) is 0 Å². The molecule has 0 heterocycles. The van der Waals surface area contributed by atoms with Gasteiger partial charge in [-0.25, -0.2) is 0 Å². The zero-order valence-electron chi connectivity index (χ0n) is 19.7. The molecule has 2 amide bonds. The molecule has 32 heavy (non-hydrogen) atoms. The molecule has 2 aromatic carbocycles. The summed E-state index contributed by atoms with van der Waals surface area (Å²) in [5, 5.41) is 2.98. The predicted octanol–water partition coefficient (Wildman–Crippen LogP) is 5.33. The van der Waals surface area contributed by atoms with Crippen molar-refractivity contribution in [2.24, 2.45) is 0 Å². The van der Waals surface area contributed by atoms with Crippen molar-refractivity contribution >= 4 is 27.7 Å². The number of nitrogens with zero attached hydrogens (tertiary/aromatic N) is 1. The molecular weight excluding hydrogens is 468 g/mol. The SMILES string of the molecule is CC[C@@H](C)NC(=O)[C@@H](C)N(CCc1ccccc1)C(=O)COc1ccc(C(C)C)cc1Br. The fourth-order valence-electron chi connectivity index (χ4n) is 3.25. The van der Waals surface area contributed by atoms with Crippen LogP contribution in [0.25, 0.3) is 0 Å². The Bertz CT molecular complexity index is 886. The summed E-state index contributed by atoms with van der Waals surface area (Å²) in [5.41, 5.74) is 2.31. The van der Waals surface area contributed by atoms with E-state index in [0.717, 1.165) is 16.5 Å². The van der Waals surface area contributed by atoms with Crippen LogP contribution in [0.15, 0.2) is 53.0 Å². The van der Waals surface area contributed by atoms with E-state index >= 15 is 0 Å². The molecule has 0 saturated heterocycles. The molecule has 2 aromatic rings. The number of hydrogen-bond donors (Lipinski definition) is 1. The molecule has 0 aliphatic heterocycles. The summed E-state index contributed by atoms with van der Waals surface area (Å²) < 4.78 is 6.64. The molecule has 0 spiro atoms. The molecule has 0 aromatic heterocycles. The second-order valence-electron chi connectivity index (χ2n) is 8.45. The lowest BCUT2D eigenvalue weighted by Gasteiger charge is -2.29. The molecule has 2 rings (SSSR count). The van der Waals surface area contributed by atoms with Crippen LogP contribution >= 0.6 is 15.9 Å². The molecule has 5 nitrogen and oxygen atoms in total. The minimum atomic E-state index is -0.587. The summed E-state index contributed by atoms with van der Waals surface area (Å²) in [6, 6.07) is 15.3. The van der Waals surface area contributed by atoms with Gasteiger partial charge >= 0.3 is 0 Å². The first-order chi connectivity index (χ1) is 15.2. The van der Waals surface area contributed by atoms with Gasteiger partial charge in [-0.15, -0.1) is 0 Å². The van der Waals surface area contributed by atoms with E-state index < -0.39 is 6.04 Å². The van der Waals surface area contributed by atoms with Gasteiger partial charge in [-0.2, -0.15) is 0 Å². The van der Waals surface area contributed by atoms with Crippen LogP contribution in [-0.4, -0.2) is 41.9 Å². The quantitative estimate of drug-likeness (QED) is 0.451. The van der Waals surface area contributed by atoms with E-state index in [9.17, 15) is 9.59 Å². The fourth-order valence-corrected chi connectivity index (χ4v) is 3.76. The van der Waals surface area contributed by atoms with E-state index in [1.165, 1.54) is 5.56 Å². The zero-order chi connectivity index (χ0) is 23.7. The number of nitrogens with one attached hydrogen (secondary N) is 1. The lowest BCUT2D eigenvalue weighted by atomic mass is 10.0. The molecule has 0 unspecified atom stereocenters. The summed E-state index contributed by atoms with van der Waals surface area (Å²) in [7, 11) is 0. The number of benzene rings is 2. The third-order valence-corrected chi connectivity index (χ3v) is 6.25. The van der Waals surface area contributed by atoms with E-state index in [2.05, 4.69) is 35.1 Å². The van der Waals surface area contributed by atoms with E-state index in [-0.39, 0.29) is 24.5 Å². The Kier molecular flexibility index (Phi) is 10.2. The second-order valence-corrected chi connectivity index (χ2v) is 9.30. The summed E-state index contributed by atoms with van der Waals surface area (Å²) in [6.45, 7) is 10.3. The molecule has 0 fully saturated rings. The van der Waals surface area contributed by atoms with Crippen LogP contribution in [0.5, 0.6) is 5.75 Å². The van der Waals surface area contributed by atoms with Crippen molar-refractivity contribution in [3.63, 3.8) is 0 Å². The standard InChI is InChI=1S/C26H35BrN2O3/c1-6-19(4)28-26(31)20(5)29(15-14-21-10-8-7-9-11-21)25(30)17-32-24-13-12-22(18(2)3)16-23(24)27/h7-13,16,18-20H,6,14-15,17H2,1-5H3,(H,28,31)/t19-,20-/m1/s1. The molecular formula is C26H35BrN2O3. The van der Waals surface area contributed by atoms with E-state index in [1.807, 2.05) is 62.4 Å². The van der Waals surface area contributed by atoms with Crippen LogP contribution in [0.1, 0.15) is 58.1 Å². The van der Waals surface area contributed by atoms with Crippen molar-refractivity contribution in [2.45, 2.75) is 65.5 Å². The molecule has 0 aliphatic rings. The topological polar surface area (TPSA) is 58.6 Å². The van der Waals surface area contributed by atoms with Gasteiger partial charge < -0.3 is 15.0 Å². The van der Waals surface area contributed by atoms with Crippen LogP contribution in [0.4, 0.5) is 0 Å². The lowest BCUT2D eigenvalue weighted by Crippen LogP contribution is -2.51. The molecule has 0 aliphatic carbocycles. The number of hydrogen-bond acceptors (Lipinski definition) is 3. The summed E-state index contributed by atoms with van der Waals surface area (Å²) in [5.74, 6) is 0.651. The minimum absolute atomic E-state index is 0.0581. The first-order valence-corrected chi connectivity index (χ1v) is 12.1. The van der Waals surface area contributed by atoms with E-state index in [0.29, 0.717) is 24.6 Å². The van der Waals surface area contributed by atoms with Gasteiger partial charge in [0.1, 0.15) is 11.8 Å². The Hall–Kier alpha value is -2.34. The average molecular weight is 503 g/mol. The molecule has 0 radical (unpaired) electrons. The normalized spacial score (nSPS) is 12.8. The van der Waals surface area contributed by atoms with Crippen molar-refractivity contribution in [1.29, 1.82) is 0 Å². The maximum atomic E-state index is 13.1.